The Morgan fingerprint density at radius 1 is 1.06 bits per heavy atom. The zero-order valence-corrected chi connectivity index (χ0v) is 17.1. The van der Waals surface area contributed by atoms with Gasteiger partial charge in [-0.2, -0.15) is 0 Å². The van der Waals surface area contributed by atoms with Gasteiger partial charge >= 0.3 is 0 Å². The lowest BCUT2D eigenvalue weighted by atomic mass is 10.0. The number of ether oxygens (including phenoxy) is 1. The van der Waals surface area contributed by atoms with Crippen molar-refractivity contribution in [2.75, 3.05) is 10.6 Å². The first-order chi connectivity index (χ1) is 15.5. The third-order valence-corrected chi connectivity index (χ3v) is 5.27. The van der Waals surface area contributed by atoms with E-state index in [0.717, 1.165) is 0 Å². The van der Waals surface area contributed by atoms with E-state index in [4.69, 9.17) is 4.74 Å². The van der Waals surface area contributed by atoms with Gasteiger partial charge in [0.2, 0.25) is 0 Å². The number of pyridine rings is 1. The average Bonchev–Trinajstić information content (AvgIpc) is 2.79. The van der Waals surface area contributed by atoms with Gasteiger partial charge in [-0.1, -0.05) is 18.2 Å². The monoisotopic (exact) mass is 427 g/mol. The van der Waals surface area contributed by atoms with E-state index in [1.807, 2.05) is 24.3 Å². The molecule has 1 aliphatic heterocycles. The zero-order valence-electron chi connectivity index (χ0n) is 17.1. The molecular formula is C25H18FN3O3. The van der Waals surface area contributed by atoms with Crippen LogP contribution in [-0.2, 0) is 4.79 Å². The van der Waals surface area contributed by atoms with E-state index in [-0.39, 0.29) is 17.6 Å². The van der Waals surface area contributed by atoms with E-state index in [1.165, 1.54) is 12.1 Å². The van der Waals surface area contributed by atoms with E-state index >= 15 is 0 Å². The summed E-state index contributed by atoms with van der Waals surface area (Å²) in [7, 11) is 0. The fourth-order valence-electron chi connectivity index (χ4n) is 3.62. The van der Waals surface area contributed by atoms with Crippen LogP contribution in [0.3, 0.4) is 0 Å². The lowest BCUT2D eigenvalue weighted by Crippen LogP contribution is -2.34. The molecule has 0 saturated heterocycles. The van der Waals surface area contributed by atoms with E-state index < -0.39 is 6.10 Å². The Kier molecular flexibility index (Phi) is 4.78. The second kappa shape index (κ2) is 7.77. The fraction of sp³-hybridized carbons (Fsp3) is 0.0800. The summed E-state index contributed by atoms with van der Waals surface area (Å²) in [6.45, 7) is 1.67. The molecule has 0 unspecified atom stereocenters. The normalized spacial score (nSPS) is 14.9. The maximum absolute atomic E-state index is 13.4. The first-order valence-electron chi connectivity index (χ1n) is 10.1. The van der Waals surface area contributed by atoms with Crippen molar-refractivity contribution in [1.82, 2.24) is 4.98 Å². The Morgan fingerprint density at radius 2 is 1.84 bits per heavy atom. The molecule has 0 spiro atoms. The molecule has 3 aromatic carbocycles. The van der Waals surface area contributed by atoms with Gasteiger partial charge in [-0.15, -0.1) is 0 Å². The average molecular weight is 427 g/mol. The summed E-state index contributed by atoms with van der Waals surface area (Å²) in [5.74, 6) is -0.373. The molecule has 0 saturated carbocycles. The molecule has 1 aromatic heterocycles. The van der Waals surface area contributed by atoms with Crippen LogP contribution in [0.5, 0.6) is 5.75 Å². The van der Waals surface area contributed by atoms with Crippen molar-refractivity contribution in [3.05, 3.63) is 84.2 Å². The third-order valence-electron chi connectivity index (χ3n) is 5.27. The molecule has 158 valence electrons. The SMILES string of the molecule is C[C@@H]1Oc2ccc(NC(=O)c3cc(-c4ccc(F)cc4)nc4ccccc34)cc2NC1=O. The van der Waals surface area contributed by atoms with Crippen LogP contribution in [-0.4, -0.2) is 22.9 Å². The number of rotatable bonds is 3. The minimum atomic E-state index is -0.573. The van der Waals surface area contributed by atoms with Crippen molar-refractivity contribution in [1.29, 1.82) is 0 Å². The minimum absolute atomic E-state index is 0.245. The number of hydrogen-bond donors (Lipinski definition) is 2. The maximum Gasteiger partial charge on any atom is 0.265 e. The number of aromatic nitrogens is 1. The second-order valence-electron chi connectivity index (χ2n) is 7.49. The molecule has 0 aliphatic carbocycles. The molecular weight excluding hydrogens is 409 g/mol. The summed E-state index contributed by atoms with van der Waals surface area (Å²) >= 11 is 0. The van der Waals surface area contributed by atoms with Gasteiger partial charge in [-0.3, -0.25) is 9.59 Å². The van der Waals surface area contributed by atoms with Crippen LogP contribution in [0.1, 0.15) is 17.3 Å². The van der Waals surface area contributed by atoms with Crippen LogP contribution >= 0.6 is 0 Å². The van der Waals surface area contributed by atoms with E-state index in [0.29, 0.717) is 44.8 Å². The van der Waals surface area contributed by atoms with Crippen LogP contribution in [0.2, 0.25) is 0 Å². The highest BCUT2D eigenvalue weighted by atomic mass is 19.1. The quantitative estimate of drug-likeness (QED) is 0.482. The molecule has 32 heavy (non-hydrogen) atoms. The number of carbonyl (C=O) groups is 2. The van der Waals surface area contributed by atoms with Gasteiger partial charge in [0.25, 0.3) is 11.8 Å². The summed E-state index contributed by atoms with van der Waals surface area (Å²) in [5.41, 5.74) is 3.36. The Hall–Kier alpha value is -4.26. The Morgan fingerprint density at radius 3 is 2.66 bits per heavy atom. The van der Waals surface area contributed by atoms with Gasteiger partial charge in [0.15, 0.2) is 6.10 Å². The van der Waals surface area contributed by atoms with Crippen molar-refractivity contribution < 1.29 is 18.7 Å². The number of nitrogens with one attached hydrogen (secondary N) is 2. The summed E-state index contributed by atoms with van der Waals surface area (Å²) < 4.78 is 18.9. The zero-order chi connectivity index (χ0) is 22.2. The van der Waals surface area contributed by atoms with Crippen molar-refractivity contribution in [2.45, 2.75) is 13.0 Å². The molecule has 5 rings (SSSR count). The molecule has 0 fully saturated rings. The van der Waals surface area contributed by atoms with Gasteiger partial charge < -0.3 is 15.4 Å². The van der Waals surface area contributed by atoms with Gasteiger partial charge in [-0.25, -0.2) is 9.37 Å². The smallest absolute Gasteiger partial charge is 0.265 e. The van der Waals surface area contributed by atoms with Gasteiger partial charge in [-0.05, 0) is 61.5 Å². The Balaban J connectivity index is 1.51. The van der Waals surface area contributed by atoms with Crippen LogP contribution in [0.15, 0.2) is 72.8 Å². The van der Waals surface area contributed by atoms with Crippen molar-refractivity contribution in [2.24, 2.45) is 0 Å². The highest BCUT2D eigenvalue weighted by Gasteiger charge is 2.24. The number of amides is 2. The van der Waals surface area contributed by atoms with Crippen molar-refractivity contribution in [3.63, 3.8) is 0 Å². The number of para-hydroxylation sites is 1. The topological polar surface area (TPSA) is 80.3 Å². The molecule has 4 aromatic rings. The summed E-state index contributed by atoms with van der Waals surface area (Å²) in [5, 5.41) is 6.35. The summed E-state index contributed by atoms with van der Waals surface area (Å²) in [6.07, 6.45) is -0.573. The fourth-order valence-corrected chi connectivity index (χ4v) is 3.62. The molecule has 2 N–H and O–H groups in total. The third kappa shape index (κ3) is 3.65. The minimum Gasteiger partial charge on any atom is -0.479 e. The lowest BCUT2D eigenvalue weighted by Gasteiger charge is -2.23. The molecule has 0 radical (unpaired) electrons. The summed E-state index contributed by atoms with van der Waals surface area (Å²) in [4.78, 5) is 29.8. The number of halogens is 1. The van der Waals surface area contributed by atoms with E-state index in [2.05, 4.69) is 15.6 Å². The van der Waals surface area contributed by atoms with E-state index in [9.17, 15) is 14.0 Å². The van der Waals surface area contributed by atoms with Crippen LogP contribution in [0, 0.1) is 5.82 Å². The maximum atomic E-state index is 13.4. The first-order valence-corrected chi connectivity index (χ1v) is 10.1. The summed E-state index contributed by atoms with van der Waals surface area (Å²) in [6, 6.07) is 20.1. The largest absolute Gasteiger partial charge is 0.479 e. The second-order valence-corrected chi connectivity index (χ2v) is 7.49. The number of benzene rings is 3. The number of fused-ring (bicyclic) bond motifs is 2. The number of hydrogen-bond acceptors (Lipinski definition) is 4. The predicted octanol–water partition coefficient (Wildman–Crippen LogP) is 5.01. The standard InChI is InChI=1S/C25H18FN3O3/c1-14-24(30)29-22-12-17(10-11-23(22)32-14)27-25(31)19-13-21(15-6-8-16(26)9-7-15)28-20-5-3-2-4-18(19)20/h2-14H,1H3,(H,27,31)(H,29,30)/t14-/m0/s1. The lowest BCUT2D eigenvalue weighted by molar-refractivity contribution is -0.122. The van der Waals surface area contributed by atoms with Crippen molar-refractivity contribution in [3.8, 4) is 17.0 Å². The molecule has 0 bridgehead atoms. The molecule has 2 heterocycles. The van der Waals surface area contributed by atoms with Crippen LogP contribution < -0.4 is 15.4 Å². The van der Waals surface area contributed by atoms with Crippen LogP contribution in [0.25, 0.3) is 22.2 Å². The van der Waals surface area contributed by atoms with Gasteiger partial charge in [0, 0.05) is 16.6 Å². The van der Waals surface area contributed by atoms with E-state index in [1.54, 1.807) is 43.3 Å². The first kappa shape index (κ1) is 19.7. The molecule has 6 nitrogen and oxygen atoms in total. The Labute approximate surface area is 183 Å². The predicted molar refractivity (Wildman–Crippen MR) is 120 cm³/mol. The highest BCUT2D eigenvalue weighted by Crippen LogP contribution is 2.33. The van der Waals surface area contributed by atoms with Gasteiger partial charge in [0.1, 0.15) is 11.6 Å². The highest BCUT2D eigenvalue weighted by molar-refractivity contribution is 6.13. The molecule has 2 amide bonds. The number of carbonyl (C=O) groups excluding carboxylic acids is 2. The number of anilines is 2. The van der Waals surface area contributed by atoms with Crippen molar-refractivity contribution >= 4 is 34.1 Å². The molecule has 1 aliphatic rings. The van der Waals surface area contributed by atoms with Crippen LogP contribution in [0.4, 0.5) is 15.8 Å². The molecule has 7 heteroatoms. The molecule has 1 atom stereocenters. The van der Waals surface area contributed by atoms with Gasteiger partial charge in [0.05, 0.1) is 22.5 Å². The number of nitrogens with zero attached hydrogens (tertiary/aromatic N) is 1. The Bertz CT molecular complexity index is 1370.